The third kappa shape index (κ3) is 4.72. The van der Waals surface area contributed by atoms with Crippen molar-refractivity contribution in [1.82, 2.24) is 14.7 Å². The average molecular weight is 347 g/mol. The van der Waals surface area contributed by atoms with Crippen LogP contribution in [0.1, 0.15) is 23.0 Å². The summed E-state index contributed by atoms with van der Waals surface area (Å²) in [6, 6.07) is 8.31. The molecule has 1 aromatic heterocycles. The molecule has 0 fully saturated rings. The van der Waals surface area contributed by atoms with Gasteiger partial charge in [0.2, 0.25) is 0 Å². The first-order valence-corrected chi connectivity index (χ1v) is 7.52. The fourth-order valence-electron chi connectivity index (χ4n) is 2.18. The third-order valence-corrected chi connectivity index (χ3v) is 3.49. The summed E-state index contributed by atoms with van der Waals surface area (Å²) in [4.78, 5) is 36.9. The number of rotatable bonds is 5. The number of hydrogen-bond donors (Lipinski definition) is 0. The Morgan fingerprint density at radius 3 is 2.68 bits per heavy atom. The summed E-state index contributed by atoms with van der Waals surface area (Å²) >= 11 is 0. The normalized spacial score (nSPS) is 11.7. The molecule has 1 aromatic carbocycles. The van der Waals surface area contributed by atoms with Gasteiger partial charge in [-0.15, -0.1) is 0 Å². The first kappa shape index (κ1) is 18.3. The van der Waals surface area contributed by atoms with Crippen molar-refractivity contribution < 1.29 is 18.7 Å². The van der Waals surface area contributed by atoms with Gasteiger partial charge in [0.25, 0.3) is 11.5 Å². The number of benzene rings is 1. The number of esters is 1. The van der Waals surface area contributed by atoms with Gasteiger partial charge in [-0.2, -0.15) is 5.10 Å². The molecular formula is C17H18FN3O4. The average Bonchev–Trinajstić information content (AvgIpc) is 2.56. The van der Waals surface area contributed by atoms with Crippen LogP contribution in [0.25, 0.3) is 0 Å². The van der Waals surface area contributed by atoms with Gasteiger partial charge in [-0.3, -0.25) is 9.59 Å². The highest BCUT2D eigenvalue weighted by molar-refractivity contribution is 5.90. The second-order valence-corrected chi connectivity index (χ2v) is 5.55. The molecule has 25 heavy (non-hydrogen) atoms. The number of amides is 1. The minimum Gasteiger partial charge on any atom is -0.448 e. The summed E-state index contributed by atoms with van der Waals surface area (Å²) in [6.45, 7) is 1.61. The van der Waals surface area contributed by atoms with Crippen molar-refractivity contribution in [2.75, 3.05) is 7.05 Å². The van der Waals surface area contributed by atoms with Gasteiger partial charge in [0.05, 0.1) is 0 Å². The number of likely N-dealkylation sites (N-methyl/N-ethyl adjacent to an activating group) is 1. The molecule has 8 heteroatoms. The molecule has 0 aliphatic rings. The quantitative estimate of drug-likeness (QED) is 0.757. The molecule has 7 nitrogen and oxygen atoms in total. The number of carbonyl (C=O) groups excluding carboxylic acids is 2. The number of aryl methyl sites for hydroxylation is 1. The van der Waals surface area contributed by atoms with Crippen LogP contribution in [0.5, 0.6) is 0 Å². The van der Waals surface area contributed by atoms with Crippen molar-refractivity contribution in [1.29, 1.82) is 0 Å². The molecular weight excluding hydrogens is 329 g/mol. The van der Waals surface area contributed by atoms with Gasteiger partial charge in [-0.25, -0.2) is 13.9 Å². The van der Waals surface area contributed by atoms with Crippen LogP contribution in [0.3, 0.4) is 0 Å². The fourth-order valence-corrected chi connectivity index (χ4v) is 2.18. The Kier molecular flexibility index (Phi) is 5.63. The molecule has 0 aliphatic heterocycles. The van der Waals surface area contributed by atoms with Gasteiger partial charge in [0, 0.05) is 26.7 Å². The van der Waals surface area contributed by atoms with Crippen LogP contribution in [0.15, 0.2) is 41.2 Å². The van der Waals surface area contributed by atoms with Crippen molar-refractivity contribution in [3.63, 3.8) is 0 Å². The minimum absolute atomic E-state index is 0.0745. The van der Waals surface area contributed by atoms with Crippen molar-refractivity contribution in [2.45, 2.75) is 19.6 Å². The van der Waals surface area contributed by atoms with E-state index in [1.54, 1.807) is 12.1 Å². The van der Waals surface area contributed by atoms with Gasteiger partial charge in [-0.1, -0.05) is 12.1 Å². The summed E-state index contributed by atoms with van der Waals surface area (Å²) in [5, 5.41) is 3.77. The molecule has 0 saturated carbocycles. The van der Waals surface area contributed by atoms with Crippen molar-refractivity contribution in [3.8, 4) is 0 Å². The summed E-state index contributed by atoms with van der Waals surface area (Å²) in [5.41, 5.74) is 0.180. The molecule has 2 aromatic rings. The lowest BCUT2D eigenvalue weighted by Gasteiger charge is -2.21. The molecule has 132 valence electrons. The summed E-state index contributed by atoms with van der Waals surface area (Å²) in [7, 11) is 2.93. The minimum atomic E-state index is -1.05. The zero-order valence-electron chi connectivity index (χ0n) is 14.1. The number of aromatic nitrogens is 2. The van der Waals surface area contributed by atoms with E-state index in [-0.39, 0.29) is 17.8 Å². The predicted molar refractivity (Wildman–Crippen MR) is 87.2 cm³/mol. The Hall–Kier alpha value is -3.03. The third-order valence-electron chi connectivity index (χ3n) is 3.49. The second kappa shape index (κ2) is 7.69. The number of halogens is 1. The zero-order chi connectivity index (χ0) is 18.6. The topological polar surface area (TPSA) is 81.5 Å². The standard InChI is InChI=1S/C17H18FN3O4/c1-11(25-17(24)14-7-8-15(22)21(3)19-14)16(23)20(2)10-12-5-4-6-13(18)9-12/h4-9,11H,10H2,1-3H3. The van der Waals surface area contributed by atoms with E-state index in [4.69, 9.17) is 4.74 Å². The lowest BCUT2D eigenvalue weighted by atomic mass is 10.2. The van der Waals surface area contributed by atoms with E-state index in [2.05, 4.69) is 5.10 Å². The molecule has 1 atom stereocenters. The first-order chi connectivity index (χ1) is 11.8. The molecule has 0 N–H and O–H groups in total. The first-order valence-electron chi connectivity index (χ1n) is 7.52. The Morgan fingerprint density at radius 2 is 2.04 bits per heavy atom. The maximum absolute atomic E-state index is 13.2. The highest BCUT2D eigenvalue weighted by atomic mass is 19.1. The number of carbonyl (C=O) groups is 2. The molecule has 2 rings (SSSR count). The molecule has 1 unspecified atom stereocenters. The van der Waals surface area contributed by atoms with Crippen LogP contribution in [0, 0.1) is 5.82 Å². The molecule has 0 radical (unpaired) electrons. The van der Waals surface area contributed by atoms with Gasteiger partial charge in [0.15, 0.2) is 11.8 Å². The molecule has 0 aliphatic carbocycles. The van der Waals surface area contributed by atoms with Crippen LogP contribution in [0.2, 0.25) is 0 Å². The van der Waals surface area contributed by atoms with E-state index in [9.17, 15) is 18.8 Å². The van der Waals surface area contributed by atoms with E-state index in [0.29, 0.717) is 5.56 Å². The van der Waals surface area contributed by atoms with Crippen LogP contribution in [-0.4, -0.2) is 39.7 Å². The Bertz CT molecular complexity index is 850. The summed E-state index contributed by atoms with van der Waals surface area (Å²) in [5.74, 6) is -1.64. The zero-order valence-corrected chi connectivity index (χ0v) is 14.1. The molecule has 0 bridgehead atoms. The number of nitrogens with zero attached hydrogens (tertiary/aromatic N) is 3. The highest BCUT2D eigenvalue weighted by Crippen LogP contribution is 2.09. The smallest absolute Gasteiger partial charge is 0.359 e. The van der Waals surface area contributed by atoms with E-state index >= 15 is 0 Å². The van der Waals surface area contributed by atoms with Gasteiger partial charge < -0.3 is 9.64 Å². The Balaban J connectivity index is 2.00. The van der Waals surface area contributed by atoms with Crippen LogP contribution < -0.4 is 5.56 Å². The summed E-state index contributed by atoms with van der Waals surface area (Å²) in [6.07, 6.45) is -1.05. The van der Waals surface area contributed by atoms with Gasteiger partial charge in [-0.05, 0) is 30.7 Å². The fraction of sp³-hybridized carbons (Fsp3) is 0.294. The molecule has 0 spiro atoms. The largest absolute Gasteiger partial charge is 0.448 e. The van der Waals surface area contributed by atoms with Crippen LogP contribution in [0.4, 0.5) is 4.39 Å². The summed E-state index contributed by atoms with van der Waals surface area (Å²) < 4.78 is 19.3. The van der Waals surface area contributed by atoms with E-state index < -0.39 is 23.8 Å². The van der Waals surface area contributed by atoms with Gasteiger partial charge in [0.1, 0.15) is 5.82 Å². The van der Waals surface area contributed by atoms with Crippen molar-refractivity contribution >= 4 is 11.9 Å². The molecule has 1 amide bonds. The maximum Gasteiger partial charge on any atom is 0.359 e. The second-order valence-electron chi connectivity index (χ2n) is 5.55. The molecule has 1 heterocycles. The van der Waals surface area contributed by atoms with E-state index in [1.807, 2.05) is 0 Å². The number of ether oxygens (including phenoxy) is 1. The monoisotopic (exact) mass is 347 g/mol. The van der Waals surface area contributed by atoms with Crippen LogP contribution in [-0.2, 0) is 23.1 Å². The van der Waals surface area contributed by atoms with E-state index in [1.165, 1.54) is 50.2 Å². The lowest BCUT2D eigenvalue weighted by Crippen LogP contribution is -2.37. The highest BCUT2D eigenvalue weighted by Gasteiger charge is 2.23. The SMILES string of the molecule is CC(OC(=O)c1ccc(=O)n(C)n1)C(=O)N(C)Cc1cccc(F)c1. The van der Waals surface area contributed by atoms with Crippen molar-refractivity contribution in [2.24, 2.45) is 7.05 Å². The van der Waals surface area contributed by atoms with Crippen LogP contribution >= 0.6 is 0 Å². The van der Waals surface area contributed by atoms with Gasteiger partial charge >= 0.3 is 5.97 Å². The maximum atomic E-state index is 13.2. The predicted octanol–water partition coefficient (Wildman–Crippen LogP) is 1.12. The Morgan fingerprint density at radius 1 is 1.32 bits per heavy atom. The number of hydrogen-bond acceptors (Lipinski definition) is 5. The molecule has 0 saturated heterocycles. The van der Waals surface area contributed by atoms with E-state index in [0.717, 1.165) is 4.68 Å². The lowest BCUT2D eigenvalue weighted by molar-refractivity contribution is -0.139. The Labute approximate surface area is 143 Å². The van der Waals surface area contributed by atoms with Crippen molar-refractivity contribution in [3.05, 3.63) is 63.8 Å².